The van der Waals surface area contributed by atoms with Crippen LogP contribution >= 0.6 is 12.2 Å². The van der Waals surface area contributed by atoms with Crippen molar-refractivity contribution in [2.24, 2.45) is 0 Å². The van der Waals surface area contributed by atoms with Gasteiger partial charge in [-0.1, -0.05) is 19.9 Å². The highest BCUT2D eigenvalue weighted by Gasteiger charge is 2.09. The van der Waals surface area contributed by atoms with Crippen molar-refractivity contribution in [1.82, 2.24) is 9.97 Å². The van der Waals surface area contributed by atoms with Gasteiger partial charge >= 0.3 is 0 Å². The summed E-state index contributed by atoms with van der Waals surface area (Å²) in [5.41, 5.74) is 3.17. The number of nitrogens with one attached hydrogen (secondary N) is 1. The number of ether oxygens (including phenoxy) is 1. The number of aromatic amines is 1. The van der Waals surface area contributed by atoms with Crippen molar-refractivity contribution >= 4 is 12.2 Å². The lowest BCUT2D eigenvalue weighted by atomic mass is 10.00. The fraction of sp³-hybridized carbons (Fsp3) is 0.286. The lowest BCUT2D eigenvalue weighted by molar-refractivity contribution is 0.415. The van der Waals surface area contributed by atoms with Gasteiger partial charge in [-0.2, -0.15) is 0 Å². The Kier molecular flexibility index (Phi) is 3.77. The molecule has 0 saturated carbocycles. The predicted octanol–water partition coefficient (Wildman–Crippen LogP) is 3.94. The lowest BCUT2D eigenvalue weighted by Gasteiger charge is -2.12. The lowest BCUT2D eigenvalue weighted by Crippen LogP contribution is -1.94. The largest absolute Gasteiger partial charge is 0.496 e. The second-order valence-corrected chi connectivity index (χ2v) is 4.79. The van der Waals surface area contributed by atoms with E-state index in [0.29, 0.717) is 10.7 Å². The van der Waals surface area contributed by atoms with Gasteiger partial charge in [0.25, 0.3) is 0 Å². The zero-order valence-electron chi connectivity index (χ0n) is 10.7. The molecule has 0 amide bonds. The Bertz CT molecular complexity index is 605. The van der Waals surface area contributed by atoms with Crippen LogP contribution in [0.3, 0.4) is 0 Å². The van der Waals surface area contributed by atoms with Gasteiger partial charge in [-0.3, -0.25) is 0 Å². The molecule has 0 saturated heterocycles. The van der Waals surface area contributed by atoms with Gasteiger partial charge in [-0.15, -0.1) is 0 Å². The van der Waals surface area contributed by atoms with Crippen LogP contribution in [0.1, 0.15) is 25.3 Å². The Morgan fingerprint density at radius 1 is 1.28 bits per heavy atom. The standard InChI is InChI=1S/C14H16N2OS/c1-9(2)10-4-5-11(13(8-10)17-3)12-6-7-15-14(18)16-12/h4-9H,1-3H3,(H,15,16,18). The van der Waals surface area contributed by atoms with Crippen LogP contribution in [0.15, 0.2) is 30.5 Å². The van der Waals surface area contributed by atoms with Gasteiger partial charge < -0.3 is 9.72 Å². The summed E-state index contributed by atoms with van der Waals surface area (Å²) >= 11 is 5.04. The number of methoxy groups -OCH3 is 1. The molecular formula is C14H16N2OS. The summed E-state index contributed by atoms with van der Waals surface area (Å²) in [7, 11) is 1.68. The number of H-pyrrole nitrogens is 1. The van der Waals surface area contributed by atoms with E-state index in [1.165, 1.54) is 5.56 Å². The predicted molar refractivity (Wildman–Crippen MR) is 75.5 cm³/mol. The first-order valence-corrected chi connectivity index (χ1v) is 6.26. The van der Waals surface area contributed by atoms with Crippen LogP contribution < -0.4 is 4.74 Å². The Morgan fingerprint density at radius 2 is 2.06 bits per heavy atom. The number of aromatic nitrogens is 2. The molecule has 1 aromatic carbocycles. The summed E-state index contributed by atoms with van der Waals surface area (Å²) in [6.07, 6.45) is 1.70. The molecule has 1 N–H and O–H groups in total. The number of hydrogen-bond donors (Lipinski definition) is 1. The third-order valence-corrected chi connectivity index (χ3v) is 3.06. The van der Waals surface area contributed by atoms with E-state index < -0.39 is 0 Å². The van der Waals surface area contributed by atoms with E-state index in [-0.39, 0.29) is 0 Å². The van der Waals surface area contributed by atoms with Crippen LogP contribution in [-0.4, -0.2) is 17.1 Å². The number of hydrogen-bond acceptors (Lipinski definition) is 3. The smallest absolute Gasteiger partial charge is 0.197 e. The molecular weight excluding hydrogens is 244 g/mol. The van der Waals surface area contributed by atoms with Crippen LogP contribution in [0.5, 0.6) is 5.75 Å². The van der Waals surface area contributed by atoms with Gasteiger partial charge in [0.05, 0.1) is 12.8 Å². The summed E-state index contributed by atoms with van der Waals surface area (Å²) in [5.74, 6) is 1.32. The SMILES string of the molecule is COc1cc(C(C)C)ccc1-c1ccnc(=S)[nH]1. The fourth-order valence-corrected chi connectivity index (χ4v) is 1.99. The van der Waals surface area contributed by atoms with E-state index in [2.05, 4.69) is 42.0 Å². The number of benzene rings is 1. The van der Waals surface area contributed by atoms with Crippen LogP contribution in [-0.2, 0) is 0 Å². The van der Waals surface area contributed by atoms with E-state index in [4.69, 9.17) is 17.0 Å². The van der Waals surface area contributed by atoms with E-state index in [0.717, 1.165) is 17.0 Å². The molecule has 0 unspecified atom stereocenters. The number of rotatable bonds is 3. The zero-order valence-corrected chi connectivity index (χ0v) is 11.5. The van der Waals surface area contributed by atoms with Crippen LogP contribution in [0.2, 0.25) is 0 Å². The maximum absolute atomic E-state index is 5.46. The van der Waals surface area contributed by atoms with E-state index in [9.17, 15) is 0 Å². The molecule has 18 heavy (non-hydrogen) atoms. The van der Waals surface area contributed by atoms with Crippen LogP contribution in [0, 0.1) is 4.77 Å². The first-order valence-electron chi connectivity index (χ1n) is 5.85. The van der Waals surface area contributed by atoms with Crippen LogP contribution in [0.25, 0.3) is 11.3 Å². The molecule has 1 heterocycles. The van der Waals surface area contributed by atoms with Gasteiger partial charge in [0.15, 0.2) is 4.77 Å². The average Bonchev–Trinajstić information content (AvgIpc) is 2.37. The second-order valence-electron chi connectivity index (χ2n) is 4.40. The summed E-state index contributed by atoms with van der Waals surface area (Å²) in [6, 6.07) is 8.12. The number of nitrogens with zero attached hydrogens (tertiary/aromatic N) is 1. The normalized spacial score (nSPS) is 10.7. The van der Waals surface area contributed by atoms with Crippen molar-refractivity contribution in [3.63, 3.8) is 0 Å². The molecule has 94 valence electrons. The monoisotopic (exact) mass is 260 g/mol. The molecule has 0 aliphatic rings. The molecule has 0 aliphatic heterocycles. The van der Waals surface area contributed by atoms with Gasteiger partial charge in [0.2, 0.25) is 0 Å². The molecule has 2 aromatic rings. The van der Waals surface area contributed by atoms with Crippen molar-refractivity contribution in [1.29, 1.82) is 0 Å². The highest BCUT2D eigenvalue weighted by molar-refractivity contribution is 7.71. The molecule has 0 bridgehead atoms. The molecule has 1 aromatic heterocycles. The van der Waals surface area contributed by atoms with E-state index >= 15 is 0 Å². The van der Waals surface area contributed by atoms with Gasteiger partial charge in [-0.25, -0.2) is 4.98 Å². The maximum Gasteiger partial charge on any atom is 0.197 e. The Labute approximate surface area is 112 Å². The zero-order chi connectivity index (χ0) is 13.1. The molecule has 0 fully saturated rings. The van der Waals surface area contributed by atoms with E-state index in [1.807, 2.05) is 6.07 Å². The van der Waals surface area contributed by atoms with Gasteiger partial charge in [0, 0.05) is 11.8 Å². The highest BCUT2D eigenvalue weighted by atomic mass is 32.1. The summed E-state index contributed by atoms with van der Waals surface area (Å²) in [5, 5.41) is 0. The molecule has 4 heteroatoms. The third-order valence-electron chi connectivity index (χ3n) is 2.86. The van der Waals surface area contributed by atoms with Crippen molar-refractivity contribution in [3.8, 4) is 17.0 Å². The van der Waals surface area contributed by atoms with E-state index in [1.54, 1.807) is 13.3 Å². The summed E-state index contributed by atoms with van der Waals surface area (Å²) < 4.78 is 5.93. The maximum atomic E-state index is 5.46. The topological polar surface area (TPSA) is 37.9 Å². The van der Waals surface area contributed by atoms with Crippen LogP contribution in [0.4, 0.5) is 0 Å². The molecule has 0 atom stereocenters. The minimum Gasteiger partial charge on any atom is -0.496 e. The Balaban J connectivity index is 2.54. The average molecular weight is 260 g/mol. The van der Waals surface area contributed by atoms with Crippen molar-refractivity contribution in [2.75, 3.05) is 7.11 Å². The quantitative estimate of drug-likeness (QED) is 0.849. The fourth-order valence-electron chi connectivity index (χ4n) is 1.82. The van der Waals surface area contributed by atoms with Crippen molar-refractivity contribution < 1.29 is 4.74 Å². The first kappa shape index (κ1) is 12.8. The summed E-state index contributed by atoms with van der Waals surface area (Å²) in [4.78, 5) is 7.06. The summed E-state index contributed by atoms with van der Waals surface area (Å²) in [6.45, 7) is 4.32. The van der Waals surface area contributed by atoms with Crippen molar-refractivity contribution in [2.45, 2.75) is 19.8 Å². The first-order chi connectivity index (χ1) is 8.61. The minimum absolute atomic E-state index is 0.475. The second kappa shape index (κ2) is 5.31. The minimum atomic E-state index is 0.475. The molecule has 0 radical (unpaired) electrons. The van der Waals surface area contributed by atoms with Crippen molar-refractivity contribution in [3.05, 3.63) is 40.8 Å². The Morgan fingerprint density at radius 3 is 2.67 bits per heavy atom. The molecule has 0 aliphatic carbocycles. The molecule has 0 spiro atoms. The third kappa shape index (κ3) is 2.59. The Hall–Kier alpha value is -1.68. The van der Waals surface area contributed by atoms with Gasteiger partial charge in [0.1, 0.15) is 5.75 Å². The molecule has 3 nitrogen and oxygen atoms in total. The highest BCUT2D eigenvalue weighted by Crippen LogP contribution is 2.31. The molecule has 2 rings (SSSR count). The van der Waals surface area contributed by atoms with Gasteiger partial charge in [-0.05, 0) is 41.9 Å².